The van der Waals surface area contributed by atoms with Crippen LogP contribution in [0.2, 0.25) is 0 Å². The van der Waals surface area contributed by atoms with Crippen molar-refractivity contribution in [1.82, 2.24) is 9.97 Å². The third-order valence-corrected chi connectivity index (χ3v) is 6.77. The molecule has 0 bridgehead atoms. The predicted molar refractivity (Wildman–Crippen MR) is 135 cm³/mol. The third-order valence-electron chi connectivity index (χ3n) is 5.07. The molecule has 0 saturated heterocycles. The SMILES string of the molecule is CCCCCCCCOc1ccc(Nc2nc(C(=O)CSc3ccccn3)cs2)cc1C(F)(F)F. The number of benzene rings is 1. The number of hydrogen-bond donors (Lipinski definition) is 1. The molecule has 3 aromatic rings. The zero-order valence-corrected chi connectivity index (χ0v) is 21.1. The van der Waals surface area contributed by atoms with Crippen molar-refractivity contribution < 1.29 is 22.7 Å². The molecule has 1 aromatic carbocycles. The average Bonchev–Trinajstić information content (AvgIpc) is 3.31. The molecule has 35 heavy (non-hydrogen) atoms. The number of thioether (sulfide) groups is 1. The summed E-state index contributed by atoms with van der Waals surface area (Å²) in [4.78, 5) is 20.8. The summed E-state index contributed by atoms with van der Waals surface area (Å²) >= 11 is 2.46. The monoisotopic (exact) mass is 523 g/mol. The van der Waals surface area contributed by atoms with Crippen molar-refractivity contribution in [3.8, 4) is 5.75 Å². The summed E-state index contributed by atoms with van der Waals surface area (Å²) in [5.41, 5.74) is -0.357. The molecule has 2 heterocycles. The number of carbonyl (C=O) groups is 1. The van der Waals surface area contributed by atoms with Crippen molar-refractivity contribution in [2.24, 2.45) is 0 Å². The molecule has 5 nitrogen and oxygen atoms in total. The number of hydrogen-bond acceptors (Lipinski definition) is 7. The Morgan fingerprint density at radius 1 is 1.11 bits per heavy atom. The summed E-state index contributed by atoms with van der Waals surface area (Å²) in [5, 5.41) is 5.53. The number of halogens is 3. The van der Waals surface area contributed by atoms with E-state index in [-0.39, 0.29) is 35.3 Å². The van der Waals surface area contributed by atoms with Gasteiger partial charge in [0, 0.05) is 17.3 Å². The van der Waals surface area contributed by atoms with Crippen LogP contribution in [0.4, 0.5) is 24.0 Å². The number of alkyl halides is 3. The van der Waals surface area contributed by atoms with Crippen LogP contribution in [0.3, 0.4) is 0 Å². The number of thiazole rings is 1. The van der Waals surface area contributed by atoms with Crippen LogP contribution in [0.15, 0.2) is 53.0 Å². The zero-order chi connectivity index (χ0) is 25.1. The molecule has 0 unspecified atom stereocenters. The lowest BCUT2D eigenvalue weighted by Gasteiger charge is -2.15. The number of unbranched alkanes of at least 4 members (excludes halogenated alkanes) is 5. The van der Waals surface area contributed by atoms with E-state index in [9.17, 15) is 18.0 Å². The summed E-state index contributed by atoms with van der Waals surface area (Å²) in [7, 11) is 0. The van der Waals surface area contributed by atoms with Crippen LogP contribution in [-0.4, -0.2) is 28.1 Å². The van der Waals surface area contributed by atoms with Gasteiger partial charge in [-0.3, -0.25) is 4.79 Å². The molecule has 0 radical (unpaired) electrons. The Balaban J connectivity index is 1.57. The molecule has 0 aliphatic heterocycles. The minimum Gasteiger partial charge on any atom is -0.493 e. The molecule has 0 amide bonds. The van der Waals surface area contributed by atoms with Crippen molar-refractivity contribution >= 4 is 39.7 Å². The summed E-state index contributed by atoms with van der Waals surface area (Å²) in [6.45, 7) is 2.38. The highest BCUT2D eigenvalue weighted by Crippen LogP contribution is 2.38. The Labute approximate surface area is 211 Å². The van der Waals surface area contributed by atoms with E-state index in [2.05, 4.69) is 22.2 Å². The number of ketones is 1. The highest BCUT2D eigenvalue weighted by atomic mass is 32.2. The van der Waals surface area contributed by atoms with Gasteiger partial charge in [-0.2, -0.15) is 13.2 Å². The van der Waals surface area contributed by atoms with Crippen LogP contribution in [0, 0.1) is 0 Å². The third kappa shape index (κ3) is 8.85. The minimum atomic E-state index is -4.55. The van der Waals surface area contributed by atoms with Crippen molar-refractivity contribution in [3.63, 3.8) is 0 Å². The van der Waals surface area contributed by atoms with Crippen molar-refractivity contribution in [1.29, 1.82) is 0 Å². The number of nitrogens with one attached hydrogen (secondary N) is 1. The first-order valence-electron chi connectivity index (χ1n) is 11.5. The van der Waals surface area contributed by atoms with Gasteiger partial charge in [0.1, 0.15) is 11.4 Å². The molecule has 0 atom stereocenters. The quantitative estimate of drug-likeness (QED) is 0.131. The minimum absolute atomic E-state index is 0.170. The number of pyridine rings is 1. The van der Waals surface area contributed by atoms with Crippen molar-refractivity contribution in [3.05, 3.63) is 59.2 Å². The number of carbonyl (C=O) groups excluding carboxylic acids is 1. The number of ether oxygens (including phenoxy) is 1. The van der Waals surface area contributed by atoms with E-state index in [1.54, 1.807) is 17.6 Å². The molecular formula is C25H28F3N3O2S2. The Bertz CT molecular complexity index is 1080. The Morgan fingerprint density at radius 2 is 1.91 bits per heavy atom. The standard InChI is InChI=1S/C25H28F3N3O2S2/c1-2-3-4-5-6-9-14-33-22-12-11-18(15-19(22)25(26,27)28)30-24-31-20(16-35-24)21(32)17-34-23-10-7-8-13-29-23/h7-8,10-13,15-16H,2-6,9,14,17H2,1H3,(H,30,31). The largest absolute Gasteiger partial charge is 0.493 e. The average molecular weight is 524 g/mol. The molecular weight excluding hydrogens is 495 g/mol. The van der Waals surface area contributed by atoms with Gasteiger partial charge in [0.05, 0.1) is 22.9 Å². The second-order valence-electron chi connectivity index (χ2n) is 7.87. The molecule has 0 aliphatic carbocycles. The van der Waals surface area contributed by atoms with Gasteiger partial charge in [-0.15, -0.1) is 11.3 Å². The highest BCUT2D eigenvalue weighted by Gasteiger charge is 2.34. The molecule has 0 spiro atoms. The smallest absolute Gasteiger partial charge is 0.420 e. The van der Waals surface area contributed by atoms with Gasteiger partial charge < -0.3 is 10.1 Å². The summed E-state index contributed by atoms with van der Waals surface area (Å²) in [6.07, 6.45) is 3.27. The predicted octanol–water partition coefficient (Wildman–Crippen LogP) is 8.01. The van der Waals surface area contributed by atoms with Gasteiger partial charge >= 0.3 is 6.18 Å². The zero-order valence-electron chi connectivity index (χ0n) is 19.4. The van der Waals surface area contributed by atoms with Crippen LogP contribution in [-0.2, 0) is 6.18 Å². The second kappa shape index (κ2) is 13.5. The fraction of sp³-hybridized carbons (Fsp3) is 0.400. The number of aromatic nitrogens is 2. The summed E-state index contributed by atoms with van der Waals surface area (Å²) in [6, 6.07) is 9.30. The van der Waals surface area contributed by atoms with Gasteiger partial charge in [-0.05, 0) is 36.8 Å². The second-order valence-corrected chi connectivity index (χ2v) is 9.72. The van der Waals surface area contributed by atoms with Gasteiger partial charge in [-0.1, -0.05) is 56.9 Å². The molecule has 0 aliphatic rings. The Hall–Kier alpha value is -2.59. The lowest BCUT2D eigenvalue weighted by atomic mass is 10.1. The molecule has 0 saturated carbocycles. The van der Waals surface area contributed by atoms with E-state index in [0.29, 0.717) is 5.13 Å². The van der Waals surface area contributed by atoms with Crippen molar-refractivity contribution in [2.45, 2.75) is 56.7 Å². The lowest BCUT2D eigenvalue weighted by Crippen LogP contribution is -2.10. The number of nitrogens with zero attached hydrogens (tertiary/aromatic N) is 2. The maximum absolute atomic E-state index is 13.6. The van der Waals surface area contributed by atoms with Gasteiger partial charge in [0.15, 0.2) is 10.9 Å². The van der Waals surface area contributed by atoms with Gasteiger partial charge in [-0.25, -0.2) is 9.97 Å². The van der Waals surface area contributed by atoms with Crippen LogP contribution in [0.5, 0.6) is 5.75 Å². The van der Waals surface area contributed by atoms with Crippen LogP contribution < -0.4 is 10.1 Å². The van der Waals surface area contributed by atoms with E-state index in [0.717, 1.165) is 54.5 Å². The molecule has 188 valence electrons. The number of anilines is 2. The molecule has 10 heteroatoms. The maximum Gasteiger partial charge on any atom is 0.420 e. The molecule has 1 N–H and O–H groups in total. The first-order valence-corrected chi connectivity index (χ1v) is 13.4. The van der Waals surface area contributed by atoms with Crippen LogP contribution in [0.25, 0.3) is 0 Å². The Kier molecular flexibility index (Phi) is 10.4. The topological polar surface area (TPSA) is 64.1 Å². The van der Waals surface area contributed by atoms with E-state index in [1.165, 1.54) is 30.3 Å². The Morgan fingerprint density at radius 3 is 2.66 bits per heavy atom. The first kappa shape index (κ1) is 27.0. The molecule has 0 fully saturated rings. The fourth-order valence-corrected chi connectivity index (χ4v) is 4.72. The highest BCUT2D eigenvalue weighted by molar-refractivity contribution is 7.99. The van der Waals surface area contributed by atoms with Crippen LogP contribution in [0.1, 0.15) is 61.5 Å². The number of rotatable bonds is 14. The van der Waals surface area contributed by atoms with Crippen molar-refractivity contribution in [2.75, 3.05) is 17.7 Å². The van der Waals surface area contributed by atoms with Gasteiger partial charge in [0.2, 0.25) is 0 Å². The van der Waals surface area contributed by atoms with E-state index >= 15 is 0 Å². The van der Waals surface area contributed by atoms with E-state index in [4.69, 9.17) is 4.74 Å². The first-order chi connectivity index (χ1) is 16.9. The van der Waals surface area contributed by atoms with Crippen LogP contribution >= 0.6 is 23.1 Å². The summed E-state index contributed by atoms with van der Waals surface area (Å²) < 4.78 is 46.4. The maximum atomic E-state index is 13.6. The van der Waals surface area contributed by atoms with Gasteiger partial charge in [0.25, 0.3) is 0 Å². The van der Waals surface area contributed by atoms with E-state index in [1.807, 2.05) is 12.1 Å². The fourth-order valence-electron chi connectivity index (χ4n) is 3.25. The normalized spacial score (nSPS) is 11.4. The summed E-state index contributed by atoms with van der Waals surface area (Å²) in [5.74, 6) is -0.194. The molecule has 2 aromatic heterocycles. The van der Waals surface area contributed by atoms with E-state index < -0.39 is 11.7 Å². The lowest BCUT2D eigenvalue weighted by molar-refractivity contribution is -0.138. The number of Topliss-reactive ketones (excluding diaryl/α,β-unsaturated/α-hetero) is 1. The molecule has 3 rings (SSSR count).